The summed E-state index contributed by atoms with van der Waals surface area (Å²) in [6.45, 7) is 21.3. The van der Waals surface area contributed by atoms with Crippen LogP contribution in [0.15, 0.2) is 0 Å². The molecule has 4 atom stereocenters. The van der Waals surface area contributed by atoms with Gasteiger partial charge in [-0.15, -0.1) is 0 Å². The van der Waals surface area contributed by atoms with Gasteiger partial charge in [-0.2, -0.15) is 0 Å². The summed E-state index contributed by atoms with van der Waals surface area (Å²) in [7, 11) is 0. The molecule has 0 aromatic carbocycles. The molecule has 4 unspecified atom stereocenters. The number of unbranched alkanes of at least 4 members (excludes halogenated alkanes) is 4. The molecule has 0 aliphatic carbocycles. The number of urea groups is 1. The van der Waals surface area contributed by atoms with E-state index in [1.807, 2.05) is 0 Å². The molecule has 1 fully saturated rings. The number of hydrogen-bond donors (Lipinski definition) is 4. The van der Waals surface area contributed by atoms with Crippen LogP contribution in [0.3, 0.4) is 0 Å². The quantitative estimate of drug-likeness (QED) is 0.0472. The number of imide groups is 1. The van der Waals surface area contributed by atoms with Crippen LogP contribution >= 0.6 is 0 Å². The Balaban J connectivity index is 3.19. The Morgan fingerprint density at radius 1 is 0.511 bits per heavy atom. The molecule has 0 spiro atoms. The molecule has 3 amide bonds. The first kappa shape index (κ1) is 41.8. The highest BCUT2D eigenvalue weighted by molar-refractivity contribution is 6.02. The maximum absolute atomic E-state index is 14.2. The van der Waals surface area contributed by atoms with E-state index in [9.17, 15) is 9.59 Å². The van der Waals surface area contributed by atoms with E-state index in [1.165, 1.54) is 69.1 Å². The van der Waals surface area contributed by atoms with Crippen molar-refractivity contribution in [3.05, 3.63) is 0 Å². The smallest absolute Gasteiger partial charge is 0.286 e. The summed E-state index contributed by atoms with van der Waals surface area (Å²) < 4.78 is 0. The number of hydrogen-bond acceptors (Lipinski definition) is 6. The average molecular weight is 637 g/mol. The zero-order valence-corrected chi connectivity index (χ0v) is 31.0. The van der Waals surface area contributed by atoms with Crippen LogP contribution in [0.25, 0.3) is 0 Å². The van der Waals surface area contributed by atoms with Crippen molar-refractivity contribution in [1.82, 2.24) is 31.1 Å². The fraction of sp³-hybridized carbons (Fsp3) is 0.946. The van der Waals surface area contributed by atoms with Crippen LogP contribution in [0.5, 0.6) is 0 Å². The molecule has 0 aromatic rings. The number of nitrogens with zero attached hydrogens (tertiary/aromatic N) is 2. The molecule has 45 heavy (non-hydrogen) atoms. The Labute approximate surface area is 279 Å². The standard InChI is InChI=1S/C37H76N6O2/c1-9-17-21-30(13-5)25-38-35(39-26-31(14-6)22-18-10-2)42-29-34(44)43(37(42)45)36(40-27-32(15-7)23-19-11-3)41-28-33(16-8)24-20-12-4/h30-33,35-36,38-41H,9-29H2,1-8H3. The lowest BCUT2D eigenvalue weighted by molar-refractivity contribution is -0.128. The second-order valence-corrected chi connectivity index (χ2v) is 13.8. The fourth-order valence-electron chi connectivity index (χ4n) is 6.42. The molecule has 8 nitrogen and oxygen atoms in total. The van der Waals surface area contributed by atoms with E-state index in [-0.39, 0.29) is 24.8 Å². The van der Waals surface area contributed by atoms with Gasteiger partial charge in [-0.25, -0.2) is 9.69 Å². The molecular weight excluding hydrogens is 560 g/mol. The number of nitrogens with one attached hydrogen (secondary N) is 4. The minimum Gasteiger partial charge on any atom is -0.286 e. The molecule has 1 aliphatic heterocycles. The third-order valence-electron chi connectivity index (χ3n) is 10.2. The Bertz CT molecular complexity index is 712. The first-order valence-corrected chi connectivity index (χ1v) is 19.4. The Morgan fingerprint density at radius 2 is 0.822 bits per heavy atom. The third-order valence-corrected chi connectivity index (χ3v) is 10.2. The maximum Gasteiger partial charge on any atom is 0.331 e. The van der Waals surface area contributed by atoms with Crippen LogP contribution < -0.4 is 21.3 Å². The normalized spacial score (nSPS) is 18.0. The second-order valence-electron chi connectivity index (χ2n) is 13.8. The van der Waals surface area contributed by atoms with Crippen molar-refractivity contribution in [3.8, 4) is 0 Å². The van der Waals surface area contributed by atoms with Crippen LogP contribution in [0.4, 0.5) is 4.79 Å². The van der Waals surface area contributed by atoms with E-state index in [0.29, 0.717) is 23.7 Å². The SMILES string of the molecule is CCCCC(CC)CNC(NCC(CC)CCCC)N1CC(=O)N(C(NCC(CC)CCCC)NCC(CC)CCCC)C1=O. The Morgan fingerprint density at radius 3 is 1.11 bits per heavy atom. The largest absolute Gasteiger partial charge is 0.331 e. The average Bonchev–Trinajstić information content (AvgIpc) is 3.35. The predicted octanol–water partition coefficient (Wildman–Crippen LogP) is 8.04. The highest BCUT2D eigenvalue weighted by Gasteiger charge is 2.43. The van der Waals surface area contributed by atoms with Crippen molar-refractivity contribution in [2.75, 3.05) is 32.7 Å². The number of carbonyl (C=O) groups is 2. The second kappa shape index (κ2) is 25.8. The highest BCUT2D eigenvalue weighted by atomic mass is 16.2. The van der Waals surface area contributed by atoms with E-state index >= 15 is 0 Å². The molecule has 0 saturated carbocycles. The summed E-state index contributed by atoms with van der Waals surface area (Å²) in [6, 6.07) is -0.207. The number of rotatable bonds is 30. The van der Waals surface area contributed by atoms with Gasteiger partial charge < -0.3 is 0 Å². The molecule has 8 heteroatoms. The first-order valence-electron chi connectivity index (χ1n) is 19.4. The minimum absolute atomic E-state index is 0.0982. The molecular formula is C37H76N6O2. The van der Waals surface area contributed by atoms with Gasteiger partial charge in [0.15, 0.2) is 0 Å². The van der Waals surface area contributed by atoms with Crippen molar-refractivity contribution in [3.63, 3.8) is 0 Å². The van der Waals surface area contributed by atoms with E-state index in [0.717, 1.165) is 64.7 Å². The lowest BCUT2D eigenvalue weighted by Gasteiger charge is -2.34. The molecule has 1 heterocycles. The van der Waals surface area contributed by atoms with Gasteiger partial charge in [0.05, 0.1) is 0 Å². The molecule has 1 aliphatic rings. The van der Waals surface area contributed by atoms with Crippen molar-refractivity contribution in [1.29, 1.82) is 0 Å². The summed E-state index contributed by atoms with van der Waals surface area (Å²) in [5, 5.41) is 14.7. The van der Waals surface area contributed by atoms with Crippen LogP contribution in [0.2, 0.25) is 0 Å². The maximum atomic E-state index is 14.2. The summed E-state index contributed by atoms with van der Waals surface area (Å²) >= 11 is 0. The topological polar surface area (TPSA) is 88.7 Å². The molecule has 1 rings (SSSR count). The van der Waals surface area contributed by atoms with E-state index in [4.69, 9.17) is 0 Å². The van der Waals surface area contributed by atoms with Gasteiger partial charge in [-0.3, -0.25) is 31.0 Å². The number of amides is 3. The Kier molecular flexibility index (Phi) is 24.0. The van der Waals surface area contributed by atoms with Gasteiger partial charge in [0.2, 0.25) is 0 Å². The van der Waals surface area contributed by atoms with E-state index < -0.39 is 6.29 Å². The zero-order chi connectivity index (χ0) is 33.5. The number of carbonyl (C=O) groups excluding carboxylic acids is 2. The summed E-state index contributed by atoms with van der Waals surface area (Å²) in [6.07, 6.45) is 17.8. The minimum atomic E-state index is -0.497. The molecule has 0 aromatic heterocycles. The van der Waals surface area contributed by atoms with E-state index in [2.05, 4.69) is 76.7 Å². The van der Waals surface area contributed by atoms with Gasteiger partial charge in [0.1, 0.15) is 19.1 Å². The molecule has 0 bridgehead atoms. The third kappa shape index (κ3) is 16.0. The van der Waals surface area contributed by atoms with Gasteiger partial charge >= 0.3 is 6.03 Å². The van der Waals surface area contributed by atoms with Gasteiger partial charge in [0.25, 0.3) is 5.91 Å². The monoisotopic (exact) mass is 637 g/mol. The van der Waals surface area contributed by atoms with Crippen molar-refractivity contribution < 1.29 is 9.59 Å². The van der Waals surface area contributed by atoms with Gasteiger partial charge in [-0.1, -0.05) is 132 Å². The lowest BCUT2D eigenvalue weighted by atomic mass is 9.99. The fourth-order valence-corrected chi connectivity index (χ4v) is 6.42. The molecule has 1 saturated heterocycles. The first-order chi connectivity index (χ1) is 21.8. The molecule has 0 radical (unpaired) electrons. The predicted molar refractivity (Wildman–Crippen MR) is 192 cm³/mol. The van der Waals surface area contributed by atoms with Crippen LogP contribution in [0, 0.1) is 23.7 Å². The lowest BCUT2D eigenvalue weighted by Crippen LogP contribution is -2.61. The van der Waals surface area contributed by atoms with Gasteiger partial charge in [0, 0.05) is 26.2 Å². The summed E-state index contributed by atoms with van der Waals surface area (Å²) in [5.41, 5.74) is 0. The molecule has 266 valence electrons. The van der Waals surface area contributed by atoms with Crippen LogP contribution in [-0.2, 0) is 4.79 Å². The van der Waals surface area contributed by atoms with Crippen molar-refractivity contribution >= 4 is 11.9 Å². The Hall–Kier alpha value is -1.22. The summed E-state index contributed by atoms with van der Waals surface area (Å²) in [5.74, 6) is 2.04. The van der Waals surface area contributed by atoms with Crippen molar-refractivity contribution in [2.24, 2.45) is 23.7 Å². The van der Waals surface area contributed by atoms with Crippen LogP contribution in [0.1, 0.15) is 158 Å². The van der Waals surface area contributed by atoms with Crippen LogP contribution in [-0.4, -0.2) is 67.0 Å². The van der Waals surface area contributed by atoms with E-state index in [1.54, 1.807) is 4.90 Å². The van der Waals surface area contributed by atoms with Crippen molar-refractivity contribution in [2.45, 2.75) is 171 Å². The zero-order valence-electron chi connectivity index (χ0n) is 31.0. The molecule has 4 N–H and O–H groups in total. The summed E-state index contributed by atoms with van der Waals surface area (Å²) in [4.78, 5) is 31.2. The van der Waals surface area contributed by atoms with Gasteiger partial charge in [-0.05, 0) is 49.4 Å². The highest BCUT2D eigenvalue weighted by Crippen LogP contribution is 2.19.